The van der Waals surface area contributed by atoms with Crippen molar-refractivity contribution in [2.24, 2.45) is 5.41 Å². The van der Waals surface area contributed by atoms with Gasteiger partial charge >= 0.3 is 0 Å². The summed E-state index contributed by atoms with van der Waals surface area (Å²) < 4.78 is 0. The fourth-order valence-electron chi connectivity index (χ4n) is 3.31. The van der Waals surface area contributed by atoms with E-state index >= 15 is 0 Å². The number of hydrogen-bond donors (Lipinski definition) is 0. The Balaban J connectivity index is 1.96. The number of para-hydroxylation sites is 1. The van der Waals surface area contributed by atoms with Gasteiger partial charge in [0.1, 0.15) is 0 Å². The number of piperidine rings is 1. The van der Waals surface area contributed by atoms with Crippen molar-refractivity contribution in [1.82, 2.24) is 4.90 Å². The van der Waals surface area contributed by atoms with E-state index in [9.17, 15) is 0 Å². The topological polar surface area (TPSA) is 6.48 Å². The molecule has 1 aliphatic heterocycles. The molecule has 0 saturated carbocycles. The third kappa shape index (κ3) is 6.32. The van der Waals surface area contributed by atoms with Crippen LogP contribution < -0.4 is 4.90 Å². The standard InChI is InChI=1S/C22H36N2/c1-19(2)11-17-24(20-9-7-6-8-10-20)21-12-15-23(16-13-21)18-14-22(3,4)5/h6-11,21H,12-18H2,1-5H3. The van der Waals surface area contributed by atoms with Crippen LogP contribution in [0.5, 0.6) is 0 Å². The summed E-state index contributed by atoms with van der Waals surface area (Å²) in [5, 5.41) is 0. The van der Waals surface area contributed by atoms with Gasteiger partial charge in [-0.3, -0.25) is 0 Å². The van der Waals surface area contributed by atoms with Crippen LogP contribution in [0.15, 0.2) is 42.0 Å². The molecule has 2 heteroatoms. The molecule has 0 unspecified atom stereocenters. The molecule has 1 heterocycles. The zero-order valence-corrected chi connectivity index (χ0v) is 16.4. The van der Waals surface area contributed by atoms with Gasteiger partial charge in [0, 0.05) is 31.4 Å². The number of allylic oxidation sites excluding steroid dienone is 1. The van der Waals surface area contributed by atoms with Crippen molar-refractivity contribution in [1.29, 1.82) is 0 Å². The van der Waals surface area contributed by atoms with Gasteiger partial charge < -0.3 is 9.80 Å². The molecule has 0 aromatic heterocycles. The van der Waals surface area contributed by atoms with E-state index in [-0.39, 0.29) is 0 Å². The van der Waals surface area contributed by atoms with E-state index in [0.717, 1.165) is 6.54 Å². The number of rotatable bonds is 6. The third-order valence-electron chi connectivity index (χ3n) is 4.96. The summed E-state index contributed by atoms with van der Waals surface area (Å²) in [5.41, 5.74) is 3.21. The van der Waals surface area contributed by atoms with Crippen LogP contribution in [0.1, 0.15) is 53.9 Å². The second kappa shape index (κ2) is 8.71. The molecular weight excluding hydrogens is 292 g/mol. The molecule has 24 heavy (non-hydrogen) atoms. The van der Waals surface area contributed by atoms with E-state index in [1.165, 1.54) is 50.2 Å². The van der Waals surface area contributed by atoms with Crippen molar-refractivity contribution >= 4 is 5.69 Å². The van der Waals surface area contributed by atoms with Gasteiger partial charge in [-0.2, -0.15) is 0 Å². The van der Waals surface area contributed by atoms with Gasteiger partial charge in [-0.1, -0.05) is 50.6 Å². The Hall–Kier alpha value is -1.28. The monoisotopic (exact) mass is 328 g/mol. The Bertz CT molecular complexity index is 501. The first kappa shape index (κ1) is 19.1. The number of hydrogen-bond acceptors (Lipinski definition) is 2. The van der Waals surface area contributed by atoms with Crippen LogP contribution in [0.3, 0.4) is 0 Å². The van der Waals surface area contributed by atoms with Crippen LogP contribution in [0.25, 0.3) is 0 Å². The van der Waals surface area contributed by atoms with Gasteiger partial charge in [0.05, 0.1) is 0 Å². The molecule has 0 atom stereocenters. The van der Waals surface area contributed by atoms with Gasteiger partial charge in [-0.25, -0.2) is 0 Å². The quantitative estimate of drug-likeness (QED) is 0.649. The van der Waals surface area contributed by atoms with Crippen molar-refractivity contribution < 1.29 is 0 Å². The molecule has 0 radical (unpaired) electrons. The highest BCUT2D eigenvalue weighted by atomic mass is 15.2. The molecule has 0 spiro atoms. The molecule has 1 aliphatic rings. The highest BCUT2D eigenvalue weighted by molar-refractivity contribution is 5.48. The van der Waals surface area contributed by atoms with Crippen LogP contribution in [-0.2, 0) is 0 Å². The smallest absolute Gasteiger partial charge is 0.0371 e. The van der Waals surface area contributed by atoms with E-state index in [1.54, 1.807) is 0 Å². The minimum atomic E-state index is 0.441. The highest BCUT2D eigenvalue weighted by Gasteiger charge is 2.25. The van der Waals surface area contributed by atoms with E-state index in [2.05, 4.69) is 80.8 Å². The summed E-state index contributed by atoms with van der Waals surface area (Å²) in [6, 6.07) is 11.6. The summed E-state index contributed by atoms with van der Waals surface area (Å²) >= 11 is 0. The molecule has 1 saturated heterocycles. The van der Waals surface area contributed by atoms with Crippen molar-refractivity contribution in [3.63, 3.8) is 0 Å². The van der Waals surface area contributed by atoms with Crippen molar-refractivity contribution in [2.75, 3.05) is 31.1 Å². The van der Waals surface area contributed by atoms with Crippen LogP contribution >= 0.6 is 0 Å². The van der Waals surface area contributed by atoms with Gasteiger partial charge in [-0.05, 0) is 57.2 Å². The van der Waals surface area contributed by atoms with Crippen molar-refractivity contribution in [3.05, 3.63) is 42.0 Å². The molecule has 0 amide bonds. The number of nitrogens with zero attached hydrogens (tertiary/aromatic N) is 2. The molecule has 1 aromatic carbocycles. The fourth-order valence-corrected chi connectivity index (χ4v) is 3.31. The second-order valence-corrected chi connectivity index (χ2v) is 8.65. The predicted molar refractivity (Wildman–Crippen MR) is 107 cm³/mol. The first-order valence-corrected chi connectivity index (χ1v) is 9.52. The predicted octanol–water partition coefficient (Wildman–Crippen LogP) is 5.36. The Labute approximate surface area is 149 Å². The summed E-state index contributed by atoms with van der Waals surface area (Å²) in [4.78, 5) is 5.26. The van der Waals surface area contributed by atoms with Crippen molar-refractivity contribution in [3.8, 4) is 0 Å². The lowest BCUT2D eigenvalue weighted by molar-refractivity contribution is 0.183. The first-order chi connectivity index (χ1) is 11.3. The normalized spacial score (nSPS) is 16.9. The average Bonchev–Trinajstić information content (AvgIpc) is 2.54. The number of benzene rings is 1. The van der Waals surface area contributed by atoms with Gasteiger partial charge in [-0.15, -0.1) is 0 Å². The minimum Gasteiger partial charge on any atom is -0.365 e. The molecular formula is C22H36N2. The zero-order valence-electron chi connectivity index (χ0n) is 16.4. The van der Waals surface area contributed by atoms with Crippen LogP contribution in [0, 0.1) is 5.41 Å². The molecule has 134 valence electrons. The Morgan fingerprint density at radius 1 is 1.12 bits per heavy atom. The SMILES string of the molecule is CC(C)=CCN(c1ccccc1)C1CCN(CCC(C)(C)C)CC1. The van der Waals surface area contributed by atoms with Crippen LogP contribution in [0.4, 0.5) is 5.69 Å². The lowest BCUT2D eigenvalue weighted by atomic mass is 9.91. The molecule has 2 rings (SSSR count). The lowest BCUT2D eigenvalue weighted by Crippen LogP contribution is -2.45. The van der Waals surface area contributed by atoms with E-state index in [1.807, 2.05) is 0 Å². The van der Waals surface area contributed by atoms with Crippen molar-refractivity contribution in [2.45, 2.75) is 59.9 Å². The molecule has 0 bridgehead atoms. The molecule has 1 fully saturated rings. The Morgan fingerprint density at radius 3 is 2.29 bits per heavy atom. The highest BCUT2D eigenvalue weighted by Crippen LogP contribution is 2.25. The summed E-state index contributed by atoms with van der Waals surface area (Å²) in [6.07, 6.45) is 6.20. The summed E-state index contributed by atoms with van der Waals surface area (Å²) in [5.74, 6) is 0. The van der Waals surface area contributed by atoms with Gasteiger partial charge in [0.2, 0.25) is 0 Å². The minimum absolute atomic E-state index is 0.441. The first-order valence-electron chi connectivity index (χ1n) is 9.52. The lowest BCUT2D eigenvalue weighted by Gasteiger charge is -2.40. The van der Waals surface area contributed by atoms with Gasteiger partial charge in [0.15, 0.2) is 0 Å². The van der Waals surface area contributed by atoms with Gasteiger partial charge in [0.25, 0.3) is 0 Å². The fraction of sp³-hybridized carbons (Fsp3) is 0.636. The van der Waals surface area contributed by atoms with E-state index in [0.29, 0.717) is 11.5 Å². The van der Waals surface area contributed by atoms with Crippen LogP contribution in [-0.4, -0.2) is 37.1 Å². The van der Waals surface area contributed by atoms with E-state index < -0.39 is 0 Å². The average molecular weight is 329 g/mol. The molecule has 0 N–H and O–H groups in total. The molecule has 0 aliphatic carbocycles. The number of likely N-dealkylation sites (tertiary alicyclic amines) is 1. The maximum Gasteiger partial charge on any atom is 0.0371 e. The summed E-state index contributed by atoms with van der Waals surface area (Å²) in [7, 11) is 0. The zero-order chi connectivity index (χ0) is 17.6. The molecule has 2 nitrogen and oxygen atoms in total. The second-order valence-electron chi connectivity index (χ2n) is 8.65. The Kier molecular flexibility index (Phi) is 6.91. The maximum atomic E-state index is 2.66. The summed E-state index contributed by atoms with van der Waals surface area (Å²) in [6.45, 7) is 16.2. The van der Waals surface area contributed by atoms with Crippen LogP contribution in [0.2, 0.25) is 0 Å². The van der Waals surface area contributed by atoms with E-state index in [4.69, 9.17) is 0 Å². The number of anilines is 1. The maximum absolute atomic E-state index is 2.66. The largest absolute Gasteiger partial charge is 0.365 e. The third-order valence-corrected chi connectivity index (χ3v) is 4.96. The Morgan fingerprint density at radius 2 is 1.75 bits per heavy atom. The molecule has 1 aromatic rings.